The van der Waals surface area contributed by atoms with Crippen molar-refractivity contribution >= 4 is 33.5 Å². The molecular weight excluding hydrogens is 388 g/mol. The fraction of sp³-hybridized carbons (Fsp3) is 0. The number of hydrogen-bond acceptors (Lipinski definition) is 5. The van der Waals surface area contributed by atoms with Gasteiger partial charge in [-0.3, -0.25) is 0 Å². The molecule has 3 aromatic carbocycles. The maximum atomic E-state index is 12.6. The molecule has 5 rings (SSSR count). The van der Waals surface area contributed by atoms with Crippen LogP contribution in [0.2, 0.25) is 5.02 Å². The smallest absolute Gasteiger partial charge is 0.347 e. The van der Waals surface area contributed by atoms with Gasteiger partial charge in [-0.2, -0.15) is 0 Å². The number of hydrogen-bond donors (Lipinski definition) is 1. The summed E-state index contributed by atoms with van der Waals surface area (Å²) in [5.41, 5.74) is 2.21. The lowest BCUT2D eigenvalue weighted by molar-refractivity contribution is 0.473. The highest BCUT2D eigenvalue weighted by atomic mass is 35.5. The van der Waals surface area contributed by atoms with Crippen molar-refractivity contribution in [1.82, 2.24) is 9.97 Å². The van der Waals surface area contributed by atoms with Gasteiger partial charge < -0.3 is 9.52 Å². The van der Waals surface area contributed by atoms with Crippen LogP contribution in [0.1, 0.15) is 0 Å². The Hall–Kier alpha value is -3.70. The van der Waals surface area contributed by atoms with Gasteiger partial charge in [-0.15, -0.1) is 0 Å². The van der Waals surface area contributed by atoms with Crippen LogP contribution in [0.4, 0.5) is 0 Å². The van der Waals surface area contributed by atoms with E-state index in [1.807, 2.05) is 36.4 Å². The van der Waals surface area contributed by atoms with E-state index in [0.29, 0.717) is 27.2 Å². The SMILES string of the molecule is O=c1oc2cc(O)ccc2cc1-c1nc(-c2ccccc2)c2cc(Cl)ccc2n1. The number of aromatic hydroxyl groups is 1. The summed E-state index contributed by atoms with van der Waals surface area (Å²) in [5, 5.41) is 11.7. The predicted molar refractivity (Wildman–Crippen MR) is 113 cm³/mol. The molecule has 1 N–H and O–H groups in total. The third-order valence-electron chi connectivity index (χ3n) is 4.67. The summed E-state index contributed by atoms with van der Waals surface area (Å²) in [5.74, 6) is 0.293. The maximum Gasteiger partial charge on any atom is 0.347 e. The standard InChI is InChI=1S/C23H13ClN2O3/c24-15-7-9-19-17(11-15)21(13-4-2-1-3-5-13)26-22(25-19)18-10-14-6-8-16(27)12-20(14)29-23(18)28/h1-12,27H. The van der Waals surface area contributed by atoms with Crippen molar-refractivity contribution < 1.29 is 9.52 Å². The molecule has 29 heavy (non-hydrogen) atoms. The van der Waals surface area contributed by atoms with E-state index >= 15 is 0 Å². The Morgan fingerprint density at radius 1 is 0.897 bits per heavy atom. The summed E-state index contributed by atoms with van der Waals surface area (Å²) in [7, 11) is 0. The summed E-state index contributed by atoms with van der Waals surface area (Å²) in [6.45, 7) is 0. The number of phenolic OH excluding ortho intramolecular Hbond substituents is 1. The Labute approximate surface area is 169 Å². The maximum absolute atomic E-state index is 12.6. The summed E-state index contributed by atoms with van der Waals surface area (Å²) in [6.07, 6.45) is 0. The average molecular weight is 401 g/mol. The summed E-state index contributed by atoms with van der Waals surface area (Å²) in [4.78, 5) is 21.9. The lowest BCUT2D eigenvalue weighted by Crippen LogP contribution is -2.06. The number of nitrogens with zero attached hydrogens (tertiary/aromatic N) is 2. The molecule has 0 aliphatic heterocycles. The zero-order valence-corrected chi connectivity index (χ0v) is 15.7. The highest BCUT2D eigenvalue weighted by molar-refractivity contribution is 6.31. The number of halogens is 1. The number of benzene rings is 3. The summed E-state index contributed by atoms with van der Waals surface area (Å²) >= 11 is 6.20. The quantitative estimate of drug-likeness (QED) is 0.400. The molecule has 0 unspecified atom stereocenters. The van der Waals surface area contributed by atoms with Crippen molar-refractivity contribution in [2.75, 3.05) is 0 Å². The minimum Gasteiger partial charge on any atom is -0.508 e. The zero-order chi connectivity index (χ0) is 20.0. The second-order valence-corrected chi connectivity index (χ2v) is 7.03. The number of fused-ring (bicyclic) bond motifs is 2. The minimum absolute atomic E-state index is 0.0265. The molecule has 0 fully saturated rings. The van der Waals surface area contributed by atoms with Crippen molar-refractivity contribution in [3.05, 3.63) is 88.2 Å². The van der Waals surface area contributed by atoms with Crippen LogP contribution in [-0.2, 0) is 0 Å². The molecular formula is C23H13ClN2O3. The lowest BCUT2D eigenvalue weighted by Gasteiger charge is -2.09. The van der Waals surface area contributed by atoms with Crippen molar-refractivity contribution in [3.63, 3.8) is 0 Å². The van der Waals surface area contributed by atoms with Crippen LogP contribution in [0.5, 0.6) is 5.75 Å². The first-order valence-corrected chi connectivity index (χ1v) is 9.26. The highest BCUT2D eigenvalue weighted by Crippen LogP contribution is 2.31. The molecule has 5 nitrogen and oxygen atoms in total. The Kier molecular flexibility index (Phi) is 4.03. The minimum atomic E-state index is -0.574. The van der Waals surface area contributed by atoms with E-state index in [1.54, 1.807) is 24.3 Å². The van der Waals surface area contributed by atoms with Crippen molar-refractivity contribution in [2.24, 2.45) is 0 Å². The molecule has 0 aliphatic carbocycles. The molecule has 0 saturated heterocycles. The molecule has 6 heteroatoms. The molecule has 0 radical (unpaired) electrons. The van der Waals surface area contributed by atoms with Gasteiger partial charge in [-0.1, -0.05) is 41.9 Å². The van der Waals surface area contributed by atoms with Crippen molar-refractivity contribution in [1.29, 1.82) is 0 Å². The first-order chi connectivity index (χ1) is 14.1. The summed E-state index contributed by atoms with van der Waals surface area (Å²) < 4.78 is 5.39. The second kappa shape index (κ2) is 6.72. The van der Waals surface area contributed by atoms with Gasteiger partial charge in [-0.25, -0.2) is 14.8 Å². The van der Waals surface area contributed by atoms with E-state index < -0.39 is 5.63 Å². The van der Waals surface area contributed by atoms with Crippen LogP contribution < -0.4 is 5.63 Å². The van der Waals surface area contributed by atoms with Crippen LogP contribution in [0.15, 0.2) is 82.0 Å². The Morgan fingerprint density at radius 2 is 1.72 bits per heavy atom. The fourth-order valence-electron chi connectivity index (χ4n) is 3.29. The third-order valence-corrected chi connectivity index (χ3v) is 4.90. The van der Waals surface area contributed by atoms with Crippen LogP contribution in [0.25, 0.3) is 44.5 Å². The first kappa shape index (κ1) is 17.4. The Bertz CT molecular complexity index is 1450. The lowest BCUT2D eigenvalue weighted by atomic mass is 10.1. The first-order valence-electron chi connectivity index (χ1n) is 8.88. The van der Waals surface area contributed by atoms with E-state index in [2.05, 4.69) is 9.97 Å². The molecule has 0 aliphatic rings. The van der Waals surface area contributed by atoms with Gasteiger partial charge in [0.25, 0.3) is 0 Å². The van der Waals surface area contributed by atoms with Gasteiger partial charge >= 0.3 is 5.63 Å². The van der Waals surface area contributed by atoms with Gasteiger partial charge in [0.05, 0.1) is 11.2 Å². The molecule has 0 saturated carbocycles. The molecule has 0 bridgehead atoms. The van der Waals surface area contributed by atoms with Gasteiger partial charge in [0, 0.05) is 27.4 Å². The van der Waals surface area contributed by atoms with Crippen LogP contribution >= 0.6 is 11.6 Å². The molecule has 5 aromatic rings. The predicted octanol–water partition coefficient (Wildman–Crippen LogP) is 5.43. The molecule has 0 atom stereocenters. The van der Waals surface area contributed by atoms with Crippen LogP contribution in [0, 0.1) is 0 Å². The van der Waals surface area contributed by atoms with Crippen molar-refractivity contribution in [3.8, 4) is 28.4 Å². The highest BCUT2D eigenvalue weighted by Gasteiger charge is 2.16. The number of phenols is 1. The van der Waals surface area contributed by atoms with Gasteiger partial charge in [0.15, 0.2) is 5.82 Å². The Balaban J connectivity index is 1.81. The average Bonchev–Trinajstić information content (AvgIpc) is 2.73. The molecule has 2 aromatic heterocycles. The normalized spacial score (nSPS) is 11.2. The molecule has 0 spiro atoms. The molecule has 2 heterocycles. The van der Waals surface area contributed by atoms with E-state index in [1.165, 1.54) is 12.1 Å². The zero-order valence-electron chi connectivity index (χ0n) is 15.0. The summed E-state index contributed by atoms with van der Waals surface area (Å²) in [6, 6.07) is 21.3. The van der Waals surface area contributed by atoms with E-state index in [0.717, 1.165) is 10.9 Å². The monoisotopic (exact) mass is 400 g/mol. The number of aromatic nitrogens is 2. The Morgan fingerprint density at radius 3 is 2.55 bits per heavy atom. The largest absolute Gasteiger partial charge is 0.508 e. The number of rotatable bonds is 2. The van der Waals surface area contributed by atoms with Crippen LogP contribution in [-0.4, -0.2) is 15.1 Å². The molecule has 0 amide bonds. The van der Waals surface area contributed by atoms with Gasteiger partial charge in [-0.05, 0) is 36.4 Å². The fourth-order valence-corrected chi connectivity index (χ4v) is 3.47. The van der Waals surface area contributed by atoms with E-state index in [-0.39, 0.29) is 17.1 Å². The van der Waals surface area contributed by atoms with Gasteiger partial charge in [0.1, 0.15) is 16.9 Å². The van der Waals surface area contributed by atoms with Crippen LogP contribution in [0.3, 0.4) is 0 Å². The van der Waals surface area contributed by atoms with Crippen molar-refractivity contribution in [2.45, 2.75) is 0 Å². The third kappa shape index (κ3) is 3.11. The van der Waals surface area contributed by atoms with E-state index in [9.17, 15) is 9.90 Å². The van der Waals surface area contributed by atoms with E-state index in [4.69, 9.17) is 16.0 Å². The topological polar surface area (TPSA) is 76.2 Å². The molecule has 140 valence electrons. The second-order valence-electron chi connectivity index (χ2n) is 6.59. The van der Waals surface area contributed by atoms with Gasteiger partial charge in [0.2, 0.25) is 0 Å².